The Morgan fingerprint density at radius 1 is 0.348 bits per heavy atom. The van der Waals surface area contributed by atoms with Crippen molar-refractivity contribution in [3.05, 3.63) is 0 Å². The van der Waals surface area contributed by atoms with Crippen LogP contribution in [0.1, 0.15) is 98.3 Å². The largest absolute Gasteiger partial charge is 0.335 e. The van der Waals surface area contributed by atoms with Crippen LogP contribution in [0.3, 0.4) is 0 Å². The van der Waals surface area contributed by atoms with E-state index in [0.717, 1.165) is 0 Å². The molecular weight excluding hydrogens is 280 g/mol. The number of quaternary nitrogens is 2. The number of hydrogen-bond acceptors (Lipinski definition) is 0. The van der Waals surface area contributed by atoms with Gasteiger partial charge in [0, 0.05) is 0 Å². The molecule has 0 spiro atoms. The highest BCUT2D eigenvalue weighted by molar-refractivity contribution is 4.43. The van der Waals surface area contributed by atoms with Crippen LogP contribution >= 0.6 is 0 Å². The summed E-state index contributed by atoms with van der Waals surface area (Å²) in [6.45, 7) is 17.7. The second-order valence-electron chi connectivity index (χ2n) is 7.47. The van der Waals surface area contributed by atoms with Gasteiger partial charge in [0.05, 0.1) is 39.3 Å². The highest BCUT2D eigenvalue weighted by Gasteiger charge is 2.09. The van der Waals surface area contributed by atoms with E-state index in [9.17, 15) is 0 Å². The topological polar surface area (TPSA) is 8.88 Å². The average molecular weight is 329 g/mol. The normalized spacial score (nSPS) is 11.7. The number of unbranched alkanes of at least 4 members (excludes halogenated alkanes) is 6. The van der Waals surface area contributed by atoms with E-state index in [2.05, 4.69) is 27.7 Å². The van der Waals surface area contributed by atoms with Crippen molar-refractivity contribution in [3.63, 3.8) is 0 Å². The quantitative estimate of drug-likeness (QED) is 0.358. The van der Waals surface area contributed by atoms with E-state index in [4.69, 9.17) is 0 Å². The lowest BCUT2D eigenvalue weighted by Gasteiger charge is -2.20. The third-order valence-electron chi connectivity index (χ3n) is 5.10. The van der Waals surface area contributed by atoms with Gasteiger partial charge in [-0.2, -0.15) is 0 Å². The zero-order valence-electron chi connectivity index (χ0n) is 17.0. The Hall–Kier alpha value is -0.0800. The minimum Gasteiger partial charge on any atom is -0.335 e. The fraction of sp³-hybridized carbons (Fsp3) is 1.00. The summed E-state index contributed by atoms with van der Waals surface area (Å²) in [6, 6.07) is 0. The molecule has 0 saturated heterocycles. The lowest BCUT2D eigenvalue weighted by atomic mass is 10.2. The van der Waals surface area contributed by atoms with Crippen molar-refractivity contribution in [1.82, 2.24) is 0 Å². The highest BCUT2D eigenvalue weighted by atomic mass is 15.1. The summed E-state index contributed by atoms with van der Waals surface area (Å²) < 4.78 is 0. The Balaban J connectivity index is 3.81. The van der Waals surface area contributed by atoms with Crippen LogP contribution in [0.4, 0.5) is 0 Å². The van der Waals surface area contributed by atoms with Gasteiger partial charge in [-0.1, -0.05) is 53.4 Å². The molecular formula is C21H48N2+2. The molecule has 0 radical (unpaired) electrons. The summed E-state index contributed by atoms with van der Waals surface area (Å²) in [4.78, 5) is 3.74. The Labute approximate surface area is 148 Å². The lowest BCUT2D eigenvalue weighted by molar-refractivity contribution is -0.902. The number of hydrogen-bond donors (Lipinski definition) is 2. The highest BCUT2D eigenvalue weighted by Crippen LogP contribution is 1.92. The fourth-order valence-electron chi connectivity index (χ4n) is 3.38. The van der Waals surface area contributed by atoms with Gasteiger partial charge in [0.2, 0.25) is 0 Å². The van der Waals surface area contributed by atoms with Gasteiger partial charge in [-0.3, -0.25) is 0 Å². The minimum atomic E-state index is 1.35. The SMILES string of the molecule is CCCC[NH+](CCCC)CCCCC[NH+](CCCC)CCCC. The summed E-state index contributed by atoms with van der Waals surface area (Å²) in [7, 11) is 0. The van der Waals surface area contributed by atoms with Crippen molar-refractivity contribution in [3.8, 4) is 0 Å². The van der Waals surface area contributed by atoms with E-state index in [1.807, 2.05) is 9.80 Å². The monoisotopic (exact) mass is 328 g/mol. The Kier molecular flexibility index (Phi) is 18.2. The van der Waals surface area contributed by atoms with Crippen molar-refractivity contribution >= 4 is 0 Å². The molecule has 140 valence electrons. The van der Waals surface area contributed by atoms with Gasteiger partial charge >= 0.3 is 0 Å². The van der Waals surface area contributed by atoms with E-state index < -0.39 is 0 Å². The van der Waals surface area contributed by atoms with Gasteiger partial charge in [-0.25, -0.2) is 0 Å². The first-order valence-electron chi connectivity index (χ1n) is 10.9. The first-order chi connectivity index (χ1) is 11.3. The molecule has 23 heavy (non-hydrogen) atoms. The van der Waals surface area contributed by atoms with Crippen LogP contribution in [0.2, 0.25) is 0 Å². The molecule has 2 heteroatoms. The maximum absolute atomic E-state index is 2.32. The molecule has 0 amide bonds. The van der Waals surface area contributed by atoms with Gasteiger partial charge in [0.1, 0.15) is 0 Å². The van der Waals surface area contributed by atoms with Crippen molar-refractivity contribution in [2.75, 3.05) is 39.3 Å². The molecule has 0 atom stereocenters. The minimum absolute atomic E-state index is 1.35. The predicted octanol–water partition coefficient (Wildman–Crippen LogP) is 3.13. The number of rotatable bonds is 18. The van der Waals surface area contributed by atoms with Gasteiger partial charge in [-0.05, 0) is 44.9 Å². The molecule has 0 bridgehead atoms. The van der Waals surface area contributed by atoms with Crippen LogP contribution in [-0.2, 0) is 0 Å². The molecule has 0 unspecified atom stereocenters. The van der Waals surface area contributed by atoms with E-state index in [1.165, 1.54) is 110 Å². The zero-order valence-corrected chi connectivity index (χ0v) is 17.0. The standard InChI is InChI=1S/C21H46N2/c1-5-9-16-22(17-10-6-2)20-14-13-15-21-23(18-11-7-3)19-12-8-4/h5-21H2,1-4H3/p+2. The molecule has 0 aromatic carbocycles. The van der Waals surface area contributed by atoms with Gasteiger partial charge in [0.15, 0.2) is 0 Å². The molecule has 0 aromatic heterocycles. The molecule has 0 aliphatic carbocycles. The molecule has 0 fully saturated rings. The van der Waals surface area contributed by atoms with Gasteiger partial charge in [-0.15, -0.1) is 0 Å². The smallest absolute Gasteiger partial charge is 0.0770 e. The zero-order chi connectivity index (χ0) is 17.2. The summed E-state index contributed by atoms with van der Waals surface area (Å²) in [5.74, 6) is 0. The molecule has 0 heterocycles. The third kappa shape index (κ3) is 15.2. The molecule has 0 aromatic rings. The molecule has 2 nitrogen and oxygen atoms in total. The molecule has 0 saturated carbocycles. The Morgan fingerprint density at radius 3 is 0.870 bits per heavy atom. The first kappa shape index (κ1) is 22.9. The maximum Gasteiger partial charge on any atom is 0.0770 e. The van der Waals surface area contributed by atoms with Crippen LogP contribution in [0.25, 0.3) is 0 Å². The Morgan fingerprint density at radius 2 is 0.609 bits per heavy atom. The van der Waals surface area contributed by atoms with E-state index in [-0.39, 0.29) is 0 Å². The fourth-order valence-corrected chi connectivity index (χ4v) is 3.38. The molecule has 2 N–H and O–H groups in total. The van der Waals surface area contributed by atoms with E-state index in [1.54, 1.807) is 0 Å². The second kappa shape index (κ2) is 18.3. The summed E-state index contributed by atoms with van der Waals surface area (Å²) in [5, 5.41) is 0. The van der Waals surface area contributed by atoms with Crippen molar-refractivity contribution in [2.24, 2.45) is 0 Å². The lowest BCUT2D eigenvalue weighted by Crippen LogP contribution is -3.12. The van der Waals surface area contributed by atoms with Gasteiger partial charge in [0.25, 0.3) is 0 Å². The van der Waals surface area contributed by atoms with E-state index >= 15 is 0 Å². The van der Waals surface area contributed by atoms with Crippen molar-refractivity contribution in [1.29, 1.82) is 0 Å². The van der Waals surface area contributed by atoms with Crippen LogP contribution in [0.15, 0.2) is 0 Å². The number of nitrogens with one attached hydrogen (secondary N) is 2. The van der Waals surface area contributed by atoms with Gasteiger partial charge < -0.3 is 9.80 Å². The average Bonchev–Trinajstić information content (AvgIpc) is 2.57. The second-order valence-corrected chi connectivity index (χ2v) is 7.47. The molecule has 0 rings (SSSR count). The summed E-state index contributed by atoms with van der Waals surface area (Å²) >= 11 is 0. The van der Waals surface area contributed by atoms with Crippen LogP contribution in [0.5, 0.6) is 0 Å². The van der Waals surface area contributed by atoms with Crippen LogP contribution in [-0.4, -0.2) is 39.3 Å². The van der Waals surface area contributed by atoms with Crippen molar-refractivity contribution < 1.29 is 9.80 Å². The predicted molar refractivity (Wildman–Crippen MR) is 105 cm³/mol. The molecule has 0 aliphatic rings. The first-order valence-corrected chi connectivity index (χ1v) is 10.9. The molecule has 0 aliphatic heterocycles. The third-order valence-corrected chi connectivity index (χ3v) is 5.10. The van der Waals surface area contributed by atoms with Crippen molar-refractivity contribution in [2.45, 2.75) is 98.3 Å². The Bertz CT molecular complexity index is 180. The van der Waals surface area contributed by atoms with E-state index in [0.29, 0.717) is 0 Å². The maximum atomic E-state index is 2.32. The summed E-state index contributed by atoms with van der Waals surface area (Å²) in [6.07, 6.45) is 15.4. The van der Waals surface area contributed by atoms with Crippen LogP contribution in [0, 0.1) is 0 Å². The van der Waals surface area contributed by atoms with Crippen LogP contribution < -0.4 is 9.80 Å². The summed E-state index contributed by atoms with van der Waals surface area (Å²) in [5.41, 5.74) is 0.